The maximum atomic E-state index is 5.80. The standard InChI is InChI=1S/C12H17N/c1-9-4-3-5-10-6-12(2,8-13)7-11(9)10/h3-5H,6-8,13H2,1-2H3. The molecule has 1 aliphatic carbocycles. The third kappa shape index (κ3) is 1.37. The van der Waals surface area contributed by atoms with E-state index in [9.17, 15) is 0 Å². The molecule has 1 nitrogen and oxygen atoms in total. The van der Waals surface area contributed by atoms with E-state index in [1.165, 1.54) is 16.7 Å². The molecule has 0 saturated carbocycles. The fourth-order valence-corrected chi connectivity index (χ4v) is 2.28. The molecule has 0 saturated heterocycles. The van der Waals surface area contributed by atoms with Crippen molar-refractivity contribution in [3.8, 4) is 0 Å². The number of nitrogens with two attached hydrogens (primary N) is 1. The highest BCUT2D eigenvalue weighted by Crippen LogP contribution is 2.37. The number of rotatable bonds is 1. The molecule has 1 aliphatic rings. The van der Waals surface area contributed by atoms with Crippen LogP contribution in [0.25, 0.3) is 0 Å². The minimum absolute atomic E-state index is 0.314. The number of aryl methyl sites for hydroxylation is 1. The van der Waals surface area contributed by atoms with Crippen molar-refractivity contribution in [1.29, 1.82) is 0 Å². The van der Waals surface area contributed by atoms with Crippen molar-refractivity contribution in [1.82, 2.24) is 0 Å². The summed E-state index contributed by atoms with van der Waals surface area (Å²) in [7, 11) is 0. The van der Waals surface area contributed by atoms with E-state index in [-0.39, 0.29) is 0 Å². The highest BCUT2D eigenvalue weighted by Gasteiger charge is 2.31. The van der Waals surface area contributed by atoms with Crippen molar-refractivity contribution in [3.63, 3.8) is 0 Å². The molecule has 2 N–H and O–H groups in total. The predicted octanol–water partition coefficient (Wildman–Crippen LogP) is 2.06. The first-order valence-electron chi connectivity index (χ1n) is 4.92. The van der Waals surface area contributed by atoms with Crippen LogP contribution in [0.2, 0.25) is 0 Å². The smallest absolute Gasteiger partial charge is 0.00168 e. The quantitative estimate of drug-likeness (QED) is 0.694. The third-order valence-electron chi connectivity index (χ3n) is 3.22. The van der Waals surface area contributed by atoms with Crippen LogP contribution in [-0.2, 0) is 12.8 Å². The van der Waals surface area contributed by atoms with E-state index in [2.05, 4.69) is 32.0 Å². The van der Waals surface area contributed by atoms with Gasteiger partial charge in [0, 0.05) is 0 Å². The molecule has 1 aromatic rings. The van der Waals surface area contributed by atoms with Crippen LogP contribution >= 0.6 is 0 Å². The Morgan fingerprint density at radius 3 is 2.77 bits per heavy atom. The van der Waals surface area contributed by atoms with Gasteiger partial charge in [-0.2, -0.15) is 0 Å². The summed E-state index contributed by atoms with van der Waals surface area (Å²) in [4.78, 5) is 0. The van der Waals surface area contributed by atoms with E-state index in [1.807, 2.05) is 0 Å². The summed E-state index contributed by atoms with van der Waals surface area (Å²) >= 11 is 0. The van der Waals surface area contributed by atoms with E-state index in [4.69, 9.17) is 5.73 Å². The first-order valence-corrected chi connectivity index (χ1v) is 4.92. The van der Waals surface area contributed by atoms with Crippen molar-refractivity contribution in [2.75, 3.05) is 6.54 Å². The average Bonchev–Trinajstić information content (AvgIpc) is 2.45. The Hall–Kier alpha value is -0.820. The Kier molecular flexibility index (Phi) is 1.92. The van der Waals surface area contributed by atoms with E-state index >= 15 is 0 Å². The van der Waals surface area contributed by atoms with Crippen LogP contribution in [0, 0.1) is 12.3 Å². The molecule has 0 fully saturated rings. The number of benzene rings is 1. The van der Waals surface area contributed by atoms with Crippen molar-refractivity contribution in [3.05, 3.63) is 34.9 Å². The van der Waals surface area contributed by atoms with Gasteiger partial charge in [0.25, 0.3) is 0 Å². The number of fused-ring (bicyclic) bond motifs is 1. The molecule has 1 aromatic carbocycles. The fraction of sp³-hybridized carbons (Fsp3) is 0.500. The van der Waals surface area contributed by atoms with Crippen LogP contribution in [0.3, 0.4) is 0 Å². The first-order chi connectivity index (χ1) is 6.14. The van der Waals surface area contributed by atoms with Crippen LogP contribution in [-0.4, -0.2) is 6.54 Å². The van der Waals surface area contributed by atoms with Gasteiger partial charge in [0.1, 0.15) is 0 Å². The zero-order chi connectivity index (χ0) is 9.47. The first kappa shape index (κ1) is 8.76. The van der Waals surface area contributed by atoms with Gasteiger partial charge < -0.3 is 5.73 Å². The Labute approximate surface area is 80.0 Å². The lowest BCUT2D eigenvalue weighted by Crippen LogP contribution is -2.27. The van der Waals surface area contributed by atoms with E-state index in [0.717, 1.165) is 19.4 Å². The molecule has 0 radical (unpaired) electrons. The molecular formula is C12H17N. The van der Waals surface area contributed by atoms with Gasteiger partial charge in [-0.15, -0.1) is 0 Å². The minimum Gasteiger partial charge on any atom is -0.330 e. The van der Waals surface area contributed by atoms with Crippen LogP contribution < -0.4 is 5.73 Å². The summed E-state index contributed by atoms with van der Waals surface area (Å²) in [6.07, 6.45) is 2.31. The largest absolute Gasteiger partial charge is 0.330 e. The highest BCUT2D eigenvalue weighted by atomic mass is 14.6. The van der Waals surface area contributed by atoms with Crippen molar-refractivity contribution < 1.29 is 0 Å². The Morgan fingerprint density at radius 2 is 2.15 bits per heavy atom. The maximum Gasteiger partial charge on any atom is -0.00168 e. The SMILES string of the molecule is Cc1cccc2c1CC(C)(CN)C2. The number of hydrogen-bond donors (Lipinski definition) is 1. The summed E-state index contributed by atoms with van der Waals surface area (Å²) in [5, 5.41) is 0. The molecule has 1 unspecified atom stereocenters. The van der Waals surface area contributed by atoms with Gasteiger partial charge in [0.15, 0.2) is 0 Å². The normalized spacial score (nSPS) is 26.1. The lowest BCUT2D eigenvalue weighted by Gasteiger charge is -2.20. The third-order valence-corrected chi connectivity index (χ3v) is 3.22. The Balaban J connectivity index is 2.40. The molecule has 0 heterocycles. The minimum atomic E-state index is 0.314. The fourth-order valence-electron chi connectivity index (χ4n) is 2.28. The number of hydrogen-bond acceptors (Lipinski definition) is 1. The highest BCUT2D eigenvalue weighted by molar-refractivity contribution is 5.40. The van der Waals surface area contributed by atoms with Crippen molar-refractivity contribution >= 4 is 0 Å². The molecular weight excluding hydrogens is 158 g/mol. The second-order valence-electron chi connectivity index (χ2n) is 4.58. The van der Waals surface area contributed by atoms with Gasteiger partial charge in [-0.3, -0.25) is 0 Å². The van der Waals surface area contributed by atoms with Gasteiger partial charge in [-0.25, -0.2) is 0 Å². The molecule has 0 aromatic heterocycles. The molecule has 1 atom stereocenters. The molecule has 0 aliphatic heterocycles. The average molecular weight is 175 g/mol. The van der Waals surface area contributed by atoms with Crippen molar-refractivity contribution in [2.24, 2.45) is 11.1 Å². The van der Waals surface area contributed by atoms with Gasteiger partial charge >= 0.3 is 0 Å². The molecule has 1 heteroatoms. The molecule has 13 heavy (non-hydrogen) atoms. The Morgan fingerprint density at radius 1 is 1.38 bits per heavy atom. The molecule has 0 amide bonds. The van der Waals surface area contributed by atoms with E-state index in [0.29, 0.717) is 5.41 Å². The second-order valence-corrected chi connectivity index (χ2v) is 4.58. The van der Waals surface area contributed by atoms with Gasteiger partial charge in [0.2, 0.25) is 0 Å². The van der Waals surface area contributed by atoms with E-state index in [1.54, 1.807) is 0 Å². The molecule has 2 rings (SSSR count). The lowest BCUT2D eigenvalue weighted by molar-refractivity contribution is 0.359. The second kappa shape index (κ2) is 2.85. The molecule has 70 valence electrons. The maximum absolute atomic E-state index is 5.80. The topological polar surface area (TPSA) is 26.0 Å². The summed E-state index contributed by atoms with van der Waals surface area (Å²) in [5.41, 5.74) is 10.6. The van der Waals surface area contributed by atoms with Gasteiger partial charge in [-0.1, -0.05) is 25.1 Å². The van der Waals surface area contributed by atoms with Crippen molar-refractivity contribution in [2.45, 2.75) is 26.7 Å². The monoisotopic (exact) mass is 175 g/mol. The zero-order valence-electron chi connectivity index (χ0n) is 8.43. The van der Waals surface area contributed by atoms with Gasteiger partial charge in [0.05, 0.1) is 0 Å². The van der Waals surface area contributed by atoms with E-state index < -0.39 is 0 Å². The zero-order valence-corrected chi connectivity index (χ0v) is 8.43. The summed E-state index contributed by atoms with van der Waals surface area (Å²) in [5.74, 6) is 0. The summed E-state index contributed by atoms with van der Waals surface area (Å²) in [6.45, 7) is 5.27. The molecule has 0 bridgehead atoms. The lowest BCUT2D eigenvalue weighted by atomic mass is 9.87. The molecule has 0 spiro atoms. The van der Waals surface area contributed by atoms with Gasteiger partial charge in [-0.05, 0) is 48.4 Å². The summed E-state index contributed by atoms with van der Waals surface area (Å²) < 4.78 is 0. The Bertz CT molecular complexity index is 330. The van der Waals surface area contributed by atoms with Crippen LogP contribution in [0.1, 0.15) is 23.6 Å². The van der Waals surface area contributed by atoms with Crippen LogP contribution in [0.5, 0.6) is 0 Å². The summed E-state index contributed by atoms with van der Waals surface area (Å²) in [6, 6.07) is 6.58. The van der Waals surface area contributed by atoms with Crippen LogP contribution in [0.4, 0.5) is 0 Å². The van der Waals surface area contributed by atoms with Crippen LogP contribution in [0.15, 0.2) is 18.2 Å². The predicted molar refractivity (Wildman–Crippen MR) is 55.7 cm³/mol.